The topological polar surface area (TPSA) is 41.3 Å². The van der Waals surface area contributed by atoms with Crippen molar-refractivity contribution in [3.05, 3.63) is 12.2 Å². The Hall–Kier alpha value is -1.03. The zero-order valence-corrected chi connectivity index (χ0v) is 10.3. The number of rotatable bonds is 2. The minimum Gasteiger partial charge on any atom is -0.446 e. The van der Waals surface area contributed by atoms with Crippen molar-refractivity contribution in [1.82, 2.24) is 10.3 Å². The lowest BCUT2D eigenvalue weighted by Crippen LogP contribution is -2.43. The number of anilines is 1. The summed E-state index contributed by atoms with van der Waals surface area (Å²) in [6.07, 6.45) is 8.38. The summed E-state index contributed by atoms with van der Waals surface area (Å²) in [7, 11) is 0. The second kappa shape index (κ2) is 5.08. The highest BCUT2D eigenvalue weighted by atomic mass is 16.3. The summed E-state index contributed by atoms with van der Waals surface area (Å²) in [5.41, 5.74) is 0. The average molecular weight is 235 g/mol. The lowest BCUT2D eigenvalue weighted by molar-refractivity contribution is 0.363. The van der Waals surface area contributed by atoms with Crippen molar-refractivity contribution in [2.24, 2.45) is 0 Å². The Labute approximate surface area is 102 Å². The summed E-state index contributed by atoms with van der Waals surface area (Å²) < 4.78 is 5.68. The number of nitrogens with one attached hydrogen (secondary N) is 1. The molecule has 0 bridgehead atoms. The first-order valence-corrected chi connectivity index (χ1v) is 6.84. The molecule has 1 aromatic heterocycles. The molecule has 1 N–H and O–H groups in total. The zero-order valence-electron chi connectivity index (χ0n) is 10.3. The Balaban J connectivity index is 1.68. The molecule has 94 valence electrons. The number of aromatic nitrogens is 1. The van der Waals surface area contributed by atoms with Crippen LogP contribution in [-0.2, 0) is 0 Å². The normalized spacial score (nSPS) is 22.9. The third-order valence-electron chi connectivity index (χ3n) is 3.91. The minimum absolute atomic E-state index is 0.570. The van der Waals surface area contributed by atoms with Gasteiger partial charge in [0.05, 0.1) is 0 Å². The van der Waals surface area contributed by atoms with Crippen molar-refractivity contribution in [3.8, 4) is 0 Å². The predicted molar refractivity (Wildman–Crippen MR) is 67.4 cm³/mol. The van der Waals surface area contributed by atoms with Crippen molar-refractivity contribution >= 4 is 5.82 Å². The first-order valence-electron chi connectivity index (χ1n) is 6.84. The molecule has 1 saturated carbocycles. The van der Waals surface area contributed by atoms with E-state index in [9.17, 15) is 0 Å². The first kappa shape index (κ1) is 11.1. The van der Waals surface area contributed by atoms with E-state index in [1.54, 1.807) is 0 Å². The summed E-state index contributed by atoms with van der Waals surface area (Å²) in [4.78, 5) is 7.00. The third-order valence-corrected chi connectivity index (χ3v) is 3.91. The van der Waals surface area contributed by atoms with Crippen LogP contribution in [0, 0.1) is 0 Å². The van der Waals surface area contributed by atoms with Crippen LogP contribution in [-0.4, -0.2) is 31.2 Å². The van der Waals surface area contributed by atoms with E-state index in [4.69, 9.17) is 4.42 Å². The Kier molecular flexibility index (Phi) is 3.31. The molecule has 4 nitrogen and oxygen atoms in total. The molecule has 2 aliphatic rings. The van der Waals surface area contributed by atoms with Gasteiger partial charge in [0.25, 0.3) is 0 Å². The van der Waals surface area contributed by atoms with Gasteiger partial charge in [0.15, 0.2) is 11.7 Å². The molecule has 17 heavy (non-hydrogen) atoms. The van der Waals surface area contributed by atoms with Crippen LogP contribution in [0.3, 0.4) is 0 Å². The van der Waals surface area contributed by atoms with Gasteiger partial charge >= 0.3 is 0 Å². The summed E-state index contributed by atoms with van der Waals surface area (Å²) in [6, 6.07) is 0. The first-order chi connectivity index (χ1) is 8.43. The molecule has 2 heterocycles. The molecule has 4 heteroatoms. The van der Waals surface area contributed by atoms with Gasteiger partial charge in [-0.05, 0) is 12.8 Å². The van der Waals surface area contributed by atoms with E-state index in [0.29, 0.717) is 5.92 Å². The zero-order chi connectivity index (χ0) is 11.5. The maximum absolute atomic E-state index is 5.68. The summed E-state index contributed by atoms with van der Waals surface area (Å²) in [5, 5.41) is 3.35. The van der Waals surface area contributed by atoms with Crippen LogP contribution in [0.1, 0.15) is 43.9 Å². The Morgan fingerprint density at radius 2 is 1.94 bits per heavy atom. The maximum Gasteiger partial charge on any atom is 0.199 e. The molecule has 2 fully saturated rings. The highest BCUT2D eigenvalue weighted by Crippen LogP contribution is 2.33. The molecule has 0 spiro atoms. The number of oxazole rings is 1. The highest BCUT2D eigenvalue weighted by molar-refractivity contribution is 5.36. The van der Waals surface area contributed by atoms with Crippen molar-refractivity contribution in [2.75, 3.05) is 31.1 Å². The second-order valence-corrected chi connectivity index (χ2v) is 5.12. The van der Waals surface area contributed by atoms with Crippen LogP contribution in [0.2, 0.25) is 0 Å². The lowest BCUT2D eigenvalue weighted by atomic mass is 9.89. The molecule has 0 amide bonds. The fourth-order valence-electron chi connectivity index (χ4n) is 2.85. The number of nitrogens with zero attached hydrogens (tertiary/aromatic N) is 2. The van der Waals surface area contributed by atoms with E-state index >= 15 is 0 Å². The fraction of sp³-hybridized carbons (Fsp3) is 0.769. The van der Waals surface area contributed by atoms with Crippen LogP contribution in [0.25, 0.3) is 0 Å². The summed E-state index contributed by atoms with van der Waals surface area (Å²) >= 11 is 0. The van der Waals surface area contributed by atoms with Crippen LogP contribution in [0.15, 0.2) is 10.7 Å². The Bertz CT molecular complexity index is 319. The van der Waals surface area contributed by atoms with E-state index in [0.717, 1.165) is 37.9 Å². The molecule has 1 aliphatic heterocycles. The quantitative estimate of drug-likeness (QED) is 0.852. The second-order valence-electron chi connectivity index (χ2n) is 5.12. The molecular weight excluding hydrogens is 214 g/mol. The standard InChI is InChI=1S/C13H21N3O/c1-2-4-11(5-3-1)13-15-12(10-17-13)16-8-6-14-7-9-16/h10-11,14H,1-9H2. The number of hydrogen-bond acceptors (Lipinski definition) is 4. The van der Waals surface area contributed by atoms with Gasteiger partial charge in [-0.3, -0.25) is 0 Å². The summed E-state index contributed by atoms with van der Waals surface area (Å²) in [6.45, 7) is 4.17. The molecule has 3 rings (SSSR count). The van der Waals surface area contributed by atoms with Crippen molar-refractivity contribution in [1.29, 1.82) is 0 Å². The third kappa shape index (κ3) is 2.46. The predicted octanol–water partition coefficient (Wildman–Crippen LogP) is 2.13. The van der Waals surface area contributed by atoms with Crippen molar-refractivity contribution in [2.45, 2.75) is 38.0 Å². The molecule has 0 aromatic carbocycles. The molecule has 1 aliphatic carbocycles. The van der Waals surface area contributed by atoms with Gasteiger partial charge < -0.3 is 14.6 Å². The smallest absolute Gasteiger partial charge is 0.199 e. The highest BCUT2D eigenvalue weighted by Gasteiger charge is 2.22. The largest absolute Gasteiger partial charge is 0.446 e. The fourth-order valence-corrected chi connectivity index (χ4v) is 2.85. The van der Waals surface area contributed by atoms with Gasteiger partial charge in [-0.15, -0.1) is 0 Å². The average Bonchev–Trinajstić information content (AvgIpc) is 2.90. The monoisotopic (exact) mass is 235 g/mol. The van der Waals surface area contributed by atoms with Gasteiger partial charge in [0, 0.05) is 32.1 Å². The molecular formula is C13H21N3O. The molecule has 0 atom stereocenters. The SMILES string of the molecule is c1oc(C2CCCCC2)nc1N1CCNCC1. The molecule has 0 radical (unpaired) electrons. The van der Waals surface area contributed by atoms with Crippen LogP contribution >= 0.6 is 0 Å². The number of hydrogen-bond donors (Lipinski definition) is 1. The number of piperazine rings is 1. The van der Waals surface area contributed by atoms with Crippen LogP contribution < -0.4 is 10.2 Å². The molecule has 0 unspecified atom stereocenters. The van der Waals surface area contributed by atoms with Gasteiger partial charge in [0.1, 0.15) is 6.26 Å². The molecule has 1 aromatic rings. The minimum atomic E-state index is 0.570. The van der Waals surface area contributed by atoms with Crippen molar-refractivity contribution < 1.29 is 4.42 Å². The van der Waals surface area contributed by atoms with Gasteiger partial charge in [-0.1, -0.05) is 19.3 Å². The van der Waals surface area contributed by atoms with E-state index in [1.807, 2.05) is 6.26 Å². The van der Waals surface area contributed by atoms with E-state index < -0.39 is 0 Å². The lowest BCUT2D eigenvalue weighted by Gasteiger charge is -2.26. The Morgan fingerprint density at radius 3 is 2.71 bits per heavy atom. The van der Waals surface area contributed by atoms with E-state index in [2.05, 4.69) is 15.2 Å². The van der Waals surface area contributed by atoms with Gasteiger partial charge in [0.2, 0.25) is 0 Å². The van der Waals surface area contributed by atoms with Crippen LogP contribution in [0.5, 0.6) is 0 Å². The Morgan fingerprint density at radius 1 is 1.18 bits per heavy atom. The van der Waals surface area contributed by atoms with Crippen LogP contribution in [0.4, 0.5) is 5.82 Å². The maximum atomic E-state index is 5.68. The van der Waals surface area contributed by atoms with Gasteiger partial charge in [-0.2, -0.15) is 4.98 Å². The van der Waals surface area contributed by atoms with E-state index in [1.165, 1.54) is 32.1 Å². The summed E-state index contributed by atoms with van der Waals surface area (Å²) in [5.74, 6) is 2.57. The van der Waals surface area contributed by atoms with Crippen molar-refractivity contribution in [3.63, 3.8) is 0 Å². The molecule has 1 saturated heterocycles. The van der Waals surface area contributed by atoms with E-state index in [-0.39, 0.29) is 0 Å². The van der Waals surface area contributed by atoms with Gasteiger partial charge in [-0.25, -0.2) is 0 Å².